The first-order valence-electron chi connectivity index (χ1n) is 7.75. The van der Waals surface area contributed by atoms with E-state index in [0.717, 1.165) is 0 Å². The van der Waals surface area contributed by atoms with Gasteiger partial charge in [-0.1, -0.05) is 30.3 Å². The van der Waals surface area contributed by atoms with Crippen LogP contribution in [0.5, 0.6) is 0 Å². The van der Waals surface area contributed by atoms with Crippen LogP contribution in [0.2, 0.25) is 0 Å². The number of hydrogen-bond acceptors (Lipinski definition) is 4. The van der Waals surface area contributed by atoms with E-state index < -0.39 is 17.7 Å². The highest BCUT2D eigenvalue weighted by atomic mass is 16.4. The number of aromatic carboxylic acids is 2. The third-order valence-electron chi connectivity index (χ3n) is 3.83. The molecule has 0 spiro atoms. The van der Waals surface area contributed by atoms with Gasteiger partial charge in [-0.25, -0.2) is 9.59 Å². The minimum absolute atomic E-state index is 0.0364. The Labute approximate surface area is 144 Å². The minimum atomic E-state index is -1.19. The molecule has 25 heavy (non-hydrogen) atoms. The van der Waals surface area contributed by atoms with Gasteiger partial charge in [-0.15, -0.1) is 0 Å². The molecule has 0 bridgehead atoms. The van der Waals surface area contributed by atoms with Crippen molar-refractivity contribution in [3.63, 3.8) is 0 Å². The van der Waals surface area contributed by atoms with Crippen molar-refractivity contribution in [2.75, 3.05) is 6.61 Å². The van der Waals surface area contributed by atoms with E-state index >= 15 is 0 Å². The van der Waals surface area contributed by atoms with Gasteiger partial charge in [0.15, 0.2) is 5.78 Å². The maximum absolute atomic E-state index is 12.4. The van der Waals surface area contributed by atoms with Crippen LogP contribution in [-0.4, -0.2) is 39.6 Å². The standard InChI is InChI=1S/C19H18O6/c20-9-3-4-13-8-7-12(10-16(13)19(24)25)11-17(21)14-5-1-2-6-15(14)18(22)23/h1-2,5-8,10,20H,3-4,9,11H2,(H,22,23)(H,24,25). The topological polar surface area (TPSA) is 112 Å². The fourth-order valence-corrected chi connectivity index (χ4v) is 2.61. The number of carbonyl (C=O) groups excluding carboxylic acids is 1. The number of aliphatic hydroxyl groups is 1. The summed E-state index contributed by atoms with van der Waals surface area (Å²) in [6.07, 6.45) is 0.781. The molecule has 0 atom stereocenters. The van der Waals surface area contributed by atoms with Crippen molar-refractivity contribution in [2.45, 2.75) is 19.3 Å². The number of aryl methyl sites for hydroxylation is 1. The van der Waals surface area contributed by atoms with Gasteiger partial charge in [0.05, 0.1) is 11.1 Å². The second kappa shape index (κ2) is 8.21. The zero-order chi connectivity index (χ0) is 18.4. The predicted molar refractivity (Wildman–Crippen MR) is 90.2 cm³/mol. The molecule has 0 aliphatic carbocycles. The Balaban J connectivity index is 2.28. The van der Waals surface area contributed by atoms with Crippen molar-refractivity contribution < 1.29 is 29.7 Å². The number of carboxylic acid groups (broad SMARTS) is 2. The average Bonchev–Trinajstić information content (AvgIpc) is 2.60. The minimum Gasteiger partial charge on any atom is -0.478 e. The molecule has 6 nitrogen and oxygen atoms in total. The summed E-state index contributed by atoms with van der Waals surface area (Å²) in [4.78, 5) is 35.1. The Kier molecular flexibility index (Phi) is 6.03. The zero-order valence-corrected chi connectivity index (χ0v) is 13.4. The van der Waals surface area contributed by atoms with Crippen molar-refractivity contribution in [1.29, 1.82) is 0 Å². The summed E-state index contributed by atoms with van der Waals surface area (Å²) in [5.41, 5.74) is 1.19. The molecule has 0 unspecified atom stereocenters. The van der Waals surface area contributed by atoms with Gasteiger partial charge in [0, 0.05) is 18.6 Å². The number of carbonyl (C=O) groups is 3. The van der Waals surface area contributed by atoms with E-state index in [1.807, 2.05) is 0 Å². The molecule has 2 aromatic carbocycles. The summed E-state index contributed by atoms with van der Waals surface area (Å²) in [6, 6.07) is 10.6. The highest BCUT2D eigenvalue weighted by Crippen LogP contribution is 2.18. The fraction of sp³-hybridized carbons (Fsp3) is 0.211. The van der Waals surface area contributed by atoms with Crippen LogP contribution in [0.4, 0.5) is 0 Å². The van der Waals surface area contributed by atoms with E-state index in [1.54, 1.807) is 24.3 Å². The van der Waals surface area contributed by atoms with Crippen molar-refractivity contribution in [3.8, 4) is 0 Å². The molecule has 3 N–H and O–H groups in total. The van der Waals surface area contributed by atoms with Gasteiger partial charge in [0.2, 0.25) is 0 Å². The number of Topliss-reactive ketones (excluding diaryl/α,β-unsaturated/α-hetero) is 1. The lowest BCUT2D eigenvalue weighted by Gasteiger charge is -2.09. The summed E-state index contributed by atoms with van der Waals surface area (Å²) >= 11 is 0. The number of aliphatic hydroxyl groups excluding tert-OH is 1. The number of ketones is 1. The first-order valence-corrected chi connectivity index (χ1v) is 7.75. The third-order valence-corrected chi connectivity index (χ3v) is 3.83. The van der Waals surface area contributed by atoms with Gasteiger partial charge in [0.1, 0.15) is 0 Å². The highest BCUT2D eigenvalue weighted by Gasteiger charge is 2.17. The number of rotatable bonds is 8. The van der Waals surface area contributed by atoms with Crippen LogP contribution >= 0.6 is 0 Å². The van der Waals surface area contributed by atoms with Crippen LogP contribution in [0, 0.1) is 0 Å². The summed E-state index contributed by atoms with van der Waals surface area (Å²) < 4.78 is 0. The van der Waals surface area contributed by atoms with Crippen molar-refractivity contribution >= 4 is 17.7 Å². The Hall–Kier alpha value is -2.99. The Morgan fingerprint density at radius 3 is 2.08 bits per heavy atom. The van der Waals surface area contributed by atoms with Gasteiger partial charge in [-0.05, 0) is 36.1 Å². The van der Waals surface area contributed by atoms with Crippen LogP contribution in [0.15, 0.2) is 42.5 Å². The Morgan fingerprint density at radius 1 is 0.840 bits per heavy atom. The average molecular weight is 342 g/mol. The Bertz CT molecular complexity index is 809. The number of benzene rings is 2. The second-order valence-corrected chi connectivity index (χ2v) is 5.57. The molecule has 0 radical (unpaired) electrons. The molecule has 2 aromatic rings. The van der Waals surface area contributed by atoms with E-state index in [2.05, 4.69) is 0 Å². The molecular formula is C19H18O6. The molecule has 6 heteroatoms. The molecule has 0 fully saturated rings. The Morgan fingerprint density at radius 2 is 1.48 bits per heavy atom. The molecule has 0 amide bonds. The normalized spacial score (nSPS) is 10.4. The molecule has 0 aliphatic rings. The van der Waals surface area contributed by atoms with E-state index in [1.165, 1.54) is 18.2 Å². The predicted octanol–water partition coefficient (Wildman–Crippen LogP) is 2.43. The summed E-state index contributed by atoms with van der Waals surface area (Å²) in [5.74, 6) is -2.68. The van der Waals surface area contributed by atoms with Crippen LogP contribution in [0.3, 0.4) is 0 Å². The van der Waals surface area contributed by atoms with Crippen molar-refractivity contribution in [2.24, 2.45) is 0 Å². The largest absolute Gasteiger partial charge is 0.478 e. The fourth-order valence-electron chi connectivity index (χ4n) is 2.61. The summed E-state index contributed by atoms with van der Waals surface area (Å²) in [5, 5.41) is 27.4. The van der Waals surface area contributed by atoms with Crippen LogP contribution in [-0.2, 0) is 12.8 Å². The van der Waals surface area contributed by atoms with Gasteiger partial charge < -0.3 is 15.3 Å². The third kappa shape index (κ3) is 4.51. The lowest BCUT2D eigenvalue weighted by Crippen LogP contribution is -2.12. The zero-order valence-electron chi connectivity index (χ0n) is 13.4. The van der Waals surface area contributed by atoms with Gasteiger partial charge >= 0.3 is 11.9 Å². The van der Waals surface area contributed by atoms with Gasteiger partial charge in [-0.3, -0.25) is 4.79 Å². The van der Waals surface area contributed by atoms with E-state index in [9.17, 15) is 19.5 Å². The molecule has 0 heterocycles. The molecular weight excluding hydrogens is 324 g/mol. The summed E-state index contributed by atoms with van der Waals surface area (Å²) in [7, 11) is 0. The quantitative estimate of drug-likeness (QED) is 0.635. The van der Waals surface area contributed by atoms with Crippen LogP contribution < -0.4 is 0 Å². The highest BCUT2D eigenvalue weighted by molar-refractivity contribution is 6.06. The van der Waals surface area contributed by atoms with E-state index in [0.29, 0.717) is 24.0 Å². The molecule has 130 valence electrons. The maximum Gasteiger partial charge on any atom is 0.336 e. The molecule has 0 saturated heterocycles. The van der Waals surface area contributed by atoms with E-state index in [4.69, 9.17) is 10.2 Å². The van der Waals surface area contributed by atoms with Gasteiger partial charge in [0.25, 0.3) is 0 Å². The maximum atomic E-state index is 12.4. The number of carboxylic acids is 2. The molecule has 0 aliphatic heterocycles. The SMILES string of the molecule is O=C(O)c1cc(CC(=O)c2ccccc2C(=O)O)ccc1CCCO. The molecule has 0 saturated carbocycles. The first-order chi connectivity index (χ1) is 11.9. The lowest BCUT2D eigenvalue weighted by molar-refractivity contribution is 0.0684. The smallest absolute Gasteiger partial charge is 0.336 e. The molecule has 0 aromatic heterocycles. The second-order valence-electron chi connectivity index (χ2n) is 5.57. The first kappa shape index (κ1) is 18.4. The van der Waals surface area contributed by atoms with Crippen LogP contribution in [0.1, 0.15) is 48.6 Å². The van der Waals surface area contributed by atoms with Crippen molar-refractivity contribution in [3.05, 3.63) is 70.3 Å². The summed E-state index contributed by atoms with van der Waals surface area (Å²) in [6.45, 7) is -0.0364. The van der Waals surface area contributed by atoms with E-state index in [-0.39, 0.29) is 29.7 Å². The number of hydrogen-bond donors (Lipinski definition) is 3. The van der Waals surface area contributed by atoms with Gasteiger partial charge in [-0.2, -0.15) is 0 Å². The van der Waals surface area contributed by atoms with Crippen LogP contribution in [0.25, 0.3) is 0 Å². The molecule has 2 rings (SSSR count). The van der Waals surface area contributed by atoms with Crippen molar-refractivity contribution in [1.82, 2.24) is 0 Å². The lowest BCUT2D eigenvalue weighted by atomic mass is 9.95. The monoisotopic (exact) mass is 342 g/mol.